The molecule has 1 aromatic heterocycles. The average Bonchev–Trinajstić information content (AvgIpc) is 3.06. The Hall–Kier alpha value is -2.53. The molecule has 0 saturated carbocycles. The summed E-state index contributed by atoms with van der Waals surface area (Å²) in [6, 6.07) is 10.6. The summed E-state index contributed by atoms with van der Waals surface area (Å²) in [6.07, 6.45) is 1.54. The van der Waals surface area contributed by atoms with E-state index in [0.717, 1.165) is 59.2 Å². The number of ether oxygens (including phenoxy) is 1. The molecule has 0 atom stereocenters. The Bertz CT molecular complexity index is 1080. The second kappa shape index (κ2) is 8.31. The van der Waals surface area contributed by atoms with Crippen molar-refractivity contribution in [2.45, 2.75) is 40.5 Å². The molecule has 0 bridgehead atoms. The van der Waals surface area contributed by atoms with Crippen LogP contribution in [0.5, 0.6) is 0 Å². The Balaban J connectivity index is 1.77. The van der Waals surface area contributed by atoms with Gasteiger partial charge in [0.05, 0.1) is 23.6 Å². The first kappa shape index (κ1) is 20.7. The number of imidazole rings is 1. The van der Waals surface area contributed by atoms with E-state index in [2.05, 4.69) is 47.6 Å². The monoisotopic (exact) mass is 425 g/mol. The molecular weight excluding hydrogens is 398 g/mol. The maximum absolute atomic E-state index is 12.1. The van der Waals surface area contributed by atoms with Gasteiger partial charge in [0.25, 0.3) is 0 Å². The van der Waals surface area contributed by atoms with Crippen molar-refractivity contribution in [3.8, 4) is 5.69 Å². The molecule has 0 spiro atoms. The molecule has 0 unspecified atom stereocenters. The minimum Gasteiger partial charge on any atom is -0.466 e. The van der Waals surface area contributed by atoms with E-state index in [1.165, 1.54) is 11.1 Å². The van der Waals surface area contributed by atoms with Crippen molar-refractivity contribution in [1.82, 2.24) is 9.55 Å². The van der Waals surface area contributed by atoms with E-state index in [1.54, 1.807) is 0 Å². The van der Waals surface area contributed by atoms with E-state index >= 15 is 0 Å². The average molecular weight is 426 g/mol. The van der Waals surface area contributed by atoms with Crippen molar-refractivity contribution in [3.63, 3.8) is 0 Å². The summed E-state index contributed by atoms with van der Waals surface area (Å²) in [6.45, 7) is 10.1. The third kappa shape index (κ3) is 3.91. The molecule has 5 nitrogen and oxygen atoms in total. The summed E-state index contributed by atoms with van der Waals surface area (Å²) in [5, 5.41) is 0.722. The highest BCUT2D eigenvalue weighted by Crippen LogP contribution is 2.33. The van der Waals surface area contributed by atoms with Gasteiger partial charge in [0, 0.05) is 23.8 Å². The molecule has 2 aromatic carbocycles. The standard InChI is InChI=1S/C24H28ClN3O2/c1-5-30-23(29)18-6-8-27(9-7-18)24-26-21-14-20(25)17(4)13-22(21)28(24)19-11-15(2)10-16(3)12-19/h10-14,18H,5-9H2,1-4H3. The summed E-state index contributed by atoms with van der Waals surface area (Å²) in [5.74, 6) is 0.790. The van der Waals surface area contributed by atoms with Gasteiger partial charge < -0.3 is 9.64 Å². The predicted octanol–water partition coefficient (Wildman–Crippen LogP) is 5.38. The number of hydrogen-bond acceptors (Lipinski definition) is 4. The smallest absolute Gasteiger partial charge is 0.309 e. The van der Waals surface area contributed by atoms with Crippen LogP contribution in [0.15, 0.2) is 30.3 Å². The van der Waals surface area contributed by atoms with Gasteiger partial charge in [-0.15, -0.1) is 0 Å². The number of nitrogens with zero attached hydrogens (tertiary/aromatic N) is 3. The number of hydrogen-bond donors (Lipinski definition) is 0. The quantitative estimate of drug-likeness (QED) is 0.526. The van der Waals surface area contributed by atoms with E-state index in [1.807, 2.05) is 19.9 Å². The lowest BCUT2D eigenvalue weighted by Gasteiger charge is -2.32. The van der Waals surface area contributed by atoms with Crippen LogP contribution < -0.4 is 4.90 Å². The minimum atomic E-state index is -0.0811. The topological polar surface area (TPSA) is 47.4 Å². The number of carbonyl (C=O) groups is 1. The van der Waals surface area contributed by atoms with Gasteiger partial charge in [-0.2, -0.15) is 0 Å². The zero-order valence-electron chi connectivity index (χ0n) is 18.0. The van der Waals surface area contributed by atoms with Crippen LogP contribution in [0.3, 0.4) is 0 Å². The molecule has 6 heteroatoms. The first-order valence-corrected chi connectivity index (χ1v) is 10.9. The summed E-state index contributed by atoms with van der Waals surface area (Å²) in [4.78, 5) is 19.4. The van der Waals surface area contributed by atoms with Crippen LogP contribution in [0.25, 0.3) is 16.7 Å². The van der Waals surface area contributed by atoms with Crippen LogP contribution in [-0.2, 0) is 9.53 Å². The third-order valence-corrected chi connectivity index (χ3v) is 6.19. The molecule has 3 aromatic rings. The summed E-state index contributed by atoms with van der Waals surface area (Å²) in [5.41, 5.74) is 6.48. The minimum absolute atomic E-state index is 0.0306. The lowest BCUT2D eigenvalue weighted by molar-refractivity contribution is -0.148. The normalized spacial score (nSPS) is 15.0. The molecule has 1 aliphatic heterocycles. The van der Waals surface area contributed by atoms with E-state index in [9.17, 15) is 4.79 Å². The Morgan fingerprint density at radius 3 is 2.40 bits per heavy atom. The van der Waals surface area contributed by atoms with E-state index in [0.29, 0.717) is 6.61 Å². The number of esters is 1. The number of halogens is 1. The molecular formula is C24H28ClN3O2. The largest absolute Gasteiger partial charge is 0.466 e. The van der Waals surface area contributed by atoms with Crippen LogP contribution in [0.2, 0.25) is 5.02 Å². The van der Waals surface area contributed by atoms with Crippen molar-refractivity contribution >= 4 is 34.6 Å². The van der Waals surface area contributed by atoms with Gasteiger partial charge in [-0.05, 0) is 81.5 Å². The Morgan fingerprint density at radius 1 is 1.10 bits per heavy atom. The molecule has 0 radical (unpaired) electrons. The molecule has 0 amide bonds. The fourth-order valence-electron chi connectivity index (χ4n) is 4.31. The van der Waals surface area contributed by atoms with Crippen molar-refractivity contribution < 1.29 is 9.53 Å². The Labute approximate surface area is 182 Å². The van der Waals surface area contributed by atoms with Crippen LogP contribution in [0.1, 0.15) is 36.5 Å². The molecule has 2 heterocycles. The fourth-order valence-corrected chi connectivity index (χ4v) is 4.47. The number of fused-ring (bicyclic) bond motifs is 1. The first-order valence-electron chi connectivity index (χ1n) is 10.6. The molecule has 0 aliphatic carbocycles. The van der Waals surface area contributed by atoms with Gasteiger partial charge in [0.2, 0.25) is 5.95 Å². The number of piperidine rings is 1. The zero-order valence-corrected chi connectivity index (χ0v) is 18.8. The van der Waals surface area contributed by atoms with E-state index in [-0.39, 0.29) is 11.9 Å². The lowest BCUT2D eigenvalue weighted by Crippen LogP contribution is -2.38. The number of aromatic nitrogens is 2. The highest BCUT2D eigenvalue weighted by atomic mass is 35.5. The number of carbonyl (C=O) groups excluding carboxylic acids is 1. The SMILES string of the molecule is CCOC(=O)C1CCN(c2nc3cc(Cl)c(C)cc3n2-c2cc(C)cc(C)c2)CC1. The van der Waals surface area contributed by atoms with Crippen LogP contribution in [0, 0.1) is 26.7 Å². The summed E-state index contributed by atoms with van der Waals surface area (Å²) < 4.78 is 7.45. The van der Waals surface area contributed by atoms with Gasteiger partial charge in [-0.25, -0.2) is 4.98 Å². The van der Waals surface area contributed by atoms with Crippen molar-refractivity contribution in [2.75, 3.05) is 24.6 Å². The second-order valence-corrected chi connectivity index (χ2v) is 8.60. The van der Waals surface area contributed by atoms with E-state index in [4.69, 9.17) is 21.3 Å². The van der Waals surface area contributed by atoms with E-state index < -0.39 is 0 Å². The molecule has 1 saturated heterocycles. The number of rotatable bonds is 4. The maximum Gasteiger partial charge on any atom is 0.309 e. The fraction of sp³-hybridized carbons (Fsp3) is 0.417. The second-order valence-electron chi connectivity index (χ2n) is 8.20. The van der Waals surface area contributed by atoms with Gasteiger partial charge in [-0.3, -0.25) is 9.36 Å². The van der Waals surface area contributed by atoms with Gasteiger partial charge in [0.1, 0.15) is 0 Å². The summed E-state index contributed by atoms with van der Waals surface area (Å²) in [7, 11) is 0. The number of anilines is 1. The summed E-state index contributed by atoms with van der Waals surface area (Å²) >= 11 is 6.40. The van der Waals surface area contributed by atoms with Gasteiger partial charge in [0.15, 0.2) is 0 Å². The molecule has 0 N–H and O–H groups in total. The van der Waals surface area contributed by atoms with Crippen molar-refractivity contribution in [3.05, 3.63) is 52.0 Å². The van der Waals surface area contributed by atoms with Crippen LogP contribution in [0.4, 0.5) is 5.95 Å². The van der Waals surface area contributed by atoms with Gasteiger partial charge in [-0.1, -0.05) is 17.7 Å². The predicted molar refractivity (Wildman–Crippen MR) is 122 cm³/mol. The molecule has 1 aliphatic rings. The zero-order chi connectivity index (χ0) is 21.4. The maximum atomic E-state index is 12.1. The highest BCUT2D eigenvalue weighted by molar-refractivity contribution is 6.32. The molecule has 4 rings (SSSR count). The lowest BCUT2D eigenvalue weighted by atomic mass is 9.97. The van der Waals surface area contributed by atoms with Gasteiger partial charge >= 0.3 is 5.97 Å². The third-order valence-electron chi connectivity index (χ3n) is 5.78. The first-order chi connectivity index (χ1) is 14.4. The number of benzene rings is 2. The Morgan fingerprint density at radius 2 is 1.77 bits per heavy atom. The van der Waals surface area contributed by atoms with Crippen molar-refractivity contribution in [2.24, 2.45) is 5.92 Å². The van der Waals surface area contributed by atoms with Crippen LogP contribution in [-0.4, -0.2) is 35.2 Å². The number of aryl methyl sites for hydroxylation is 3. The Kier molecular flexibility index (Phi) is 5.74. The van der Waals surface area contributed by atoms with Crippen molar-refractivity contribution in [1.29, 1.82) is 0 Å². The van der Waals surface area contributed by atoms with Crippen LogP contribution >= 0.6 is 11.6 Å². The molecule has 158 valence electrons. The highest BCUT2D eigenvalue weighted by Gasteiger charge is 2.29. The molecule has 30 heavy (non-hydrogen) atoms. The molecule has 1 fully saturated rings.